The molecule has 0 aliphatic carbocycles. The van der Waals surface area contributed by atoms with Gasteiger partial charge < -0.3 is 15.1 Å². The largest absolute Gasteiger partial charge is 0.352 e. The summed E-state index contributed by atoms with van der Waals surface area (Å²) in [6.45, 7) is 7.72. The van der Waals surface area contributed by atoms with Gasteiger partial charge in [0.05, 0.1) is 11.9 Å². The molecule has 2 atom stereocenters. The molecule has 156 valence electrons. The summed E-state index contributed by atoms with van der Waals surface area (Å²) in [5.41, 5.74) is 1.47. The number of carbonyl (C=O) groups is 1. The molecule has 2 saturated heterocycles. The Labute approximate surface area is 176 Å². The first-order valence-electron chi connectivity index (χ1n) is 10.6. The Kier molecular flexibility index (Phi) is 6.10. The second-order valence-corrected chi connectivity index (χ2v) is 9.26. The van der Waals surface area contributed by atoms with Gasteiger partial charge >= 0.3 is 0 Å². The van der Waals surface area contributed by atoms with Crippen molar-refractivity contribution in [2.45, 2.75) is 51.5 Å². The molecule has 0 spiro atoms. The third-order valence-electron chi connectivity index (χ3n) is 6.47. The number of piperidine rings is 2. The predicted octanol–water partition coefficient (Wildman–Crippen LogP) is 3.92. The van der Waals surface area contributed by atoms with E-state index in [1.807, 2.05) is 0 Å². The molecule has 1 N–H and O–H groups in total. The van der Waals surface area contributed by atoms with E-state index in [-0.39, 0.29) is 0 Å². The Hall–Kier alpha value is -2.06. The average molecular weight is 415 g/mol. The fraction of sp³-hybridized carbons (Fsp3) is 0.619. The summed E-state index contributed by atoms with van der Waals surface area (Å²) < 4.78 is 4.66. The standard InChI is InChI=1S/C21H30N6OS/c1-14-5-4-8-27(15(14)2)19-12-22-18(13-28)21(23-19)24-20-11-17(25-29-20)16-6-9-26(3)10-7-16/h11-16H,4-10H2,1-3H3,(H,23,24). The zero-order valence-corrected chi connectivity index (χ0v) is 18.3. The lowest BCUT2D eigenvalue weighted by molar-refractivity contribution is 0.111. The van der Waals surface area contributed by atoms with E-state index >= 15 is 0 Å². The minimum absolute atomic E-state index is 0.334. The second kappa shape index (κ2) is 8.75. The van der Waals surface area contributed by atoms with Gasteiger partial charge in [-0.05, 0) is 76.3 Å². The Bertz CT molecular complexity index is 847. The number of hydrogen-bond donors (Lipinski definition) is 1. The number of rotatable bonds is 5. The van der Waals surface area contributed by atoms with Crippen LogP contribution in [0.1, 0.15) is 61.6 Å². The van der Waals surface area contributed by atoms with Crippen molar-refractivity contribution < 1.29 is 4.79 Å². The number of nitrogens with one attached hydrogen (secondary N) is 1. The Morgan fingerprint density at radius 3 is 2.76 bits per heavy atom. The third-order valence-corrected chi connectivity index (χ3v) is 7.19. The Morgan fingerprint density at radius 2 is 2.00 bits per heavy atom. The average Bonchev–Trinajstić information content (AvgIpc) is 3.19. The van der Waals surface area contributed by atoms with Gasteiger partial charge in [-0.1, -0.05) is 6.92 Å². The smallest absolute Gasteiger partial charge is 0.172 e. The molecule has 8 heteroatoms. The van der Waals surface area contributed by atoms with Crippen LogP contribution in [0.3, 0.4) is 0 Å². The van der Waals surface area contributed by atoms with Gasteiger partial charge in [0.1, 0.15) is 16.5 Å². The maximum Gasteiger partial charge on any atom is 0.172 e. The number of nitrogens with zero attached hydrogens (tertiary/aromatic N) is 5. The molecule has 29 heavy (non-hydrogen) atoms. The summed E-state index contributed by atoms with van der Waals surface area (Å²) >= 11 is 1.43. The van der Waals surface area contributed by atoms with E-state index in [1.165, 1.54) is 18.0 Å². The van der Waals surface area contributed by atoms with Gasteiger partial charge in [-0.3, -0.25) is 4.79 Å². The van der Waals surface area contributed by atoms with Crippen LogP contribution in [0.2, 0.25) is 0 Å². The second-order valence-electron chi connectivity index (χ2n) is 8.45. The van der Waals surface area contributed by atoms with E-state index < -0.39 is 0 Å². The molecular formula is C21H30N6OS. The number of hydrogen-bond acceptors (Lipinski definition) is 8. The van der Waals surface area contributed by atoms with Crippen LogP contribution in [-0.2, 0) is 0 Å². The number of anilines is 3. The molecule has 2 fully saturated rings. The van der Waals surface area contributed by atoms with Gasteiger partial charge in [-0.25, -0.2) is 9.97 Å². The quantitative estimate of drug-likeness (QED) is 0.743. The molecule has 2 aliphatic rings. The SMILES string of the molecule is CC1CCCN(c2cnc(C=O)c(Nc3cc(C4CCN(C)CC4)ns3)n2)C1C. The van der Waals surface area contributed by atoms with Crippen LogP contribution in [0, 0.1) is 5.92 Å². The van der Waals surface area contributed by atoms with Crippen LogP contribution in [0.25, 0.3) is 0 Å². The van der Waals surface area contributed by atoms with Crippen molar-refractivity contribution in [2.24, 2.45) is 5.92 Å². The van der Waals surface area contributed by atoms with E-state index in [0.29, 0.717) is 29.4 Å². The van der Waals surface area contributed by atoms with Crippen molar-refractivity contribution in [1.82, 2.24) is 19.2 Å². The first-order valence-corrected chi connectivity index (χ1v) is 11.3. The molecular weight excluding hydrogens is 384 g/mol. The zero-order valence-electron chi connectivity index (χ0n) is 17.5. The fourth-order valence-electron chi connectivity index (χ4n) is 4.33. The van der Waals surface area contributed by atoms with Crippen molar-refractivity contribution in [2.75, 3.05) is 36.9 Å². The molecule has 0 bridgehead atoms. The molecule has 7 nitrogen and oxygen atoms in total. The summed E-state index contributed by atoms with van der Waals surface area (Å²) in [4.78, 5) is 25.3. The third kappa shape index (κ3) is 4.43. The van der Waals surface area contributed by atoms with Crippen molar-refractivity contribution >= 4 is 34.5 Å². The lowest BCUT2D eigenvalue weighted by atomic mass is 9.92. The molecule has 2 aromatic rings. The van der Waals surface area contributed by atoms with E-state index in [1.54, 1.807) is 6.20 Å². The molecule has 0 amide bonds. The molecule has 2 aliphatic heterocycles. The normalized spacial score (nSPS) is 23.9. The number of aldehydes is 1. The van der Waals surface area contributed by atoms with Crippen LogP contribution in [0.5, 0.6) is 0 Å². The predicted molar refractivity (Wildman–Crippen MR) is 117 cm³/mol. The summed E-state index contributed by atoms with van der Waals surface area (Å²) in [6.07, 6.45) is 7.16. The van der Waals surface area contributed by atoms with Gasteiger partial charge in [0.25, 0.3) is 0 Å². The first-order chi connectivity index (χ1) is 14.0. The molecule has 4 heterocycles. The van der Waals surface area contributed by atoms with Crippen LogP contribution in [0.15, 0.2) is 12.3 Å². The molecule has 0 saturated carbocycles. The van der Waals surface area contributed by atoms with Gasteiger partial charge in [-0.2, -0.15) is 4.37 Å². The summed E-state index contributed by atoms with van der Waals surface area (Å²) in [5.74, 6) is 2.47. The van der Waals surface area contributed by atoms with Crippen LogP contribution in [0.4, 0.5) is 16.6 Å². The van der Waals surface area contributed by atoms with Gasteiger partial charge in [0, 0.05) is 18.5 Å². The number of aromatic nitrogens is 3. The number of carbonyl (C=O) groups excluding carboxylic acids is 1. The van der Waals surface area contributed by atoms with Crippen LogP contribution in [-0.4, -0.2) is 58.3 Å². The highest BCUT2D eigenvalue weighted by Gasteiger charge is 2.27. The molecule has 2 aromatic heterocycles. The Balaban J connectivity index is 1.53. The monoisotopic (exact) mass is 414 g/mol. The topological polar surface area (TPSA) is 74.2 Å². The Morgan fingerprint density at radius 1 is 1.21 bits per heavy atom. The molecule has 2 unspecified atom stereocenters. The summed E-state index contributed by atoms with van der Waals surface area (Å²) in [6, 6.07) is 2.52. The highest BCUT2D eigenvalue weighted by atomic mass is 32.1. The number of likely N-dealkylation sites (tertiary alicyclic amines) is 1. The minimum atomic E-state index is 0.334. The van der Waals surface area contributed by atoms with Crippen LogP contribution >= 0.6 is 11.5 Å². The van der Waals surface area contributed by atoms with E-state index in [9.17, 15) is 4.79 Å². The minimum Gasteiger partial charge on any atom is -0.352 e. The van der Waals surface area contributed by atoms with Crippen molar-refractivity contribution in [3.63, 3.8) is 0 Å². The lowest BCUT2D eigenvalue weighted by Crippen LogP contribution is -2.43. The van der Waals surface area contributed by atoms with Crippen molar-refractivity contribution in [3.8, 4) is 0 Å². The highest BCUT2D eigenvalue weighted by Crippen LogP contribution is 2.33. The van der Waals surface area contributed by atoms with E-state index in [0.717, 1.165) is 61.7 Å². The van der Waals surface area contributed by atoms with Gasteiger partial charge in [0.15, 0.2) is 12.1 Å². The summed E-state index contributed by atoms with van der Waals surface area (Å²) in [7, 11) is 2.17. The van der Waals surface area contributed by atoms with Crippen molar-refractivity contribution in [1.29, 1.82) is 0 Å². The van der Waals surface area contributed by atoms with Crippen LogP contribution < -0.4 is 10.2 Å². The maximum atomic E-state index is 11.5. The van der Waals surface area contributed by atoms with Gasteiger partial charge in [0.2, 0.25) is 0 Å². The maximum absolute atomic E-state index is 11.5. The molecule has 0 aromatic carbocycles. The molecule has 4 rings (SSSR count). The van der Waals surface area contributed by atoms with Crippen molar-refractivity contribution in [3.05, 3.63) is 23.7 Å². The fourth-order valence-corrected chi connectivity index (χ4v) is 5.05. The first kappa shape index (κ1) is 20.2. The highest BCUT2D eigenvalue weighted by molar-refractivity contribution is 7.10. The molecule has 0 radical (unpaired) electrons. The van der Waals surface area contributed by atoms with Gasteiger partial charge in [-0.15, -0.1) is 0 Å². The van der Waals surface area contributed by atoms with E-state index in [4.69, 9.17) is 4.98 Å². The lowest BCUT2D eigenvalue weighted by Gasteiger charge is -2.38. The zero-order chi connectivity index (χ0) is 20.4. The summed E-state index contributed by atoms with van der Waals surface area (Å²) in [5, 5.41) is 4.22. The van der Waals surface area contributed by atoms with E-state index in [2.05, 4.69) is 51.4 Å².